The summed E-state index contributed by atoms with van der Waals surface area (Å²) in [6.45, 7) is 6.39. The maximum absolute atomic E-state index is 14.1. The molecule has 4 N–H and O–H groups in total. The normalized spacial score (nSPS) is 31.0. The van der Waals surface area contributed by atoms with E-state index in [1.807, 2.05) is 6.92 Å². The molecule has 6 rings (SSSR count). The van der Waals surface area contributed by atoms with Gasteiger partial charge in [-0.25, -0.2) is 4.79 Å². The van der Waals surface area contributed by atoms with Crippen molar-refractivity contribution in [2.45, 2.75) is 82.8 Å². The molecule has 8 heteroatoms. The van der Waals surface area contributed by atoms with Crippen molar-refractivity contribution in [2.75, 3.05) is 5.32 Å². The number of nitrogens with one attached hydrogen (secondary N) is 1. The first-order chi connectivity index (χ1) is 18.0. The highest BCUT2D eigenvalue weighted by Crippen LogP contribution is 2.66. The van der Waals surface area contributed by atoms with Crippen LogP contribution in [0.5, 0.6) is 11.5 Å². The molecule has 4 fully saturated rings. The largest absolute Gasteiger partial charge is 0.506 e. The second-order valence-electron chi connectivity index (χ2n) is 11.9. The van der Waals surface area contributed by atoms with Gasteiger partial charge in [-0.3, -0.25) is 9.59 Å². The fraction of sp³-hybridized carbons (Fsp3) is 0.567. The lowest BCUT2D eigenvalue weighted by Gasteiger charge is -2.60. The Morgan fingerprint density at radius 3 is 2.58 bits per heavy atom. The van der Waals surface area contributed by atoms with Crippen LogP contribution in [-0.2, 0) is 9.59 Å². The van der Waals surface area contributed by atoms with Crippen LogP contribution in [0.1, 0.15) is 87.9 Å². The molecule has 5 aliphatic rings. The number of fused-ring (bicyclic) bond motifs is 2. The molecule has 1 aromatic carbocycles. The van der Waals surface area contributed by atoms with E-state index in [0.29, 0.717) is 17.6 Å². The number of carbonyl (C=O) groups is 3. The average Bonchev–Trinajstić information content (AvgIpc) is 2.88. The number of carboxylic acid groups (broad SMARTS) is 1. The number of aromatic carboxylic acids is 1. The van der Waals surface area contributed by atoms with E-state index in [2.05, 4.69) is 18.0 Å². The van der Waals surface area contributed by atoms with Gasteiger partial charge >= 0.3 is 5.97 Å². The van der Waals surface area contributed by atoms with Gasteiger partial charge in [0.1, 0.15) is 17.0 Å². The smallest absolute Gasteiger partial charge is 0.339 e. The minimum Gasteiger partial charge on any atom is -0.506 e. The van der Waals surface area contributed by atoms with E-state index in [4.69, 9.17) is 0 Å². The van der Waals surface area contributed by atoms with Crippen molar-refractivity contribution in [3.8, 4) is 11.5 Å². The number of benzene rings is 1. The van der Waals surface area contributed by atoms with Crippen molar-refractivity contribution in [2.24, 2.45) is 22.7 Å². The van der Waals surface area contributed by atoms with Gasteiger partial charge in [-0.1, -0.05) is 44.4 Å². The zero-order valence-electron chi connectivity index (χ0n) is 21.9. The topological polar surface area (TPSA) is 124 Å². The number of phenolic OH excluding ortho intramolecular Hbond substituents is 1. The number of anilines is 1. The predicted molar refractivity (Wildman–Crippen MR) is 147 cm³/mol. The minimum absolute atomic E-state index is 0.0119. The van der Waals surface area contributed by atoms with Crippen LogP contribution >= 0.6 is 11.8 Å². The number of rotatable bonds is 7. The Morgan fingerprint density at radius 1 is 1.16 bits per heavy atom. The first kappa shape index (κ1) is 26.9. The van der Waals surface area contributed by atoms with E-state index in [9.17, 15) is 29.7 Å². The molecule has 0 radical (unpaired) electrons. The molecule has 0 aromatic heterocycles. The van der Waals surface area contributed by atoms with E-state index < -0.39 is 34.4 Å². The van der Waals surface area contributed by atoms with Crippen LogP contribution in [0.2, 0.25) is 0 Å². The summed E-state index contributed by atoms with van der Waals surface area (Å²) < 4.78 is 0. The molecular formula is C30H37NO6S. The van der Waals surface area contributed by atoms with Crippen molar-refractivity contribution in [1.29, 1.82) is 0 Å². The summed E-state index contributed by atoms with van der Waals surface area (Å²) in [5.74, 6) is -2.29. The SMILES string of the molecule is C=C1C[C@]23C=C(SC4CCCCC4)C(=O)[C@@](C)(CCC(=O)Nc4c(O)ccc(C(=O)O)c4O)[C@@H]2C[C@H]1CC3. The first-order valence-corrected chi connectivity index (χ1v) is 14.6. The highest BCUT2D eigenvalue weighted by molar-refractivity contribution is 8.04. The van der Waals surface area contributed by atoms with Crippen molar-refractivity contribution in [1.82, 2.24) is 0 Å². The number of hydrogen-bond donors (Lipinski definition) is 4. The molecule has 1 aromatic rings. The third-order valence-corrected chi connectivity index (χ3v) is 11.0. The Kier molecular flexibility index (Phi) is 7.14. The summed E-state index contributed by atoms with van der Waals surface area (Å²) in [5, 5.41) is 32.7. The molecule has 4 atom stereocenters. The number of phenols is 2. The highest BCUT2D eigenvalue weighted by atomic mass is 32.2. The van der Waals surface area contributed by atoms with Gasteiger partial charge in [-0.05, 0) is 74.3 Å². The third-order valence-electron chi connectivity index (χ3n) is 9.60. The van der Waals surface area contributed by atoms with Gasteiger partial charge in [0, 0.05) is 22.0 Å². The number of amides is 1. The van der Waals surface area contributed by atoms with Gasteiger partial charge in [-0.15, -0.1) is 11.8 Å². The molecule has 0 heterocycles. The molecule has 38 heavy (non-hydrogen) atoms. The van der Waals surface area contributed by atoms with Crippen LogP contribution in [0.3, 0.4) is 0 Å². The van der Waals surface area contributed by atoms with Crippen molar-refractivity contribution < 1.29 is 29.7 Å². The van der Waals surface area contributed by atoms with Gasteiger partial charge in [0.2, 0.25) is 5.91 Å². The zero-order valence-corrected chi connectivity index (χ0v) is 22.7. The molecule has 1 amide bonds. The fourth-order valence-corrected chi connectivity index (χ4v) is 9.05. The average molecular weight is 540 g/mol. The van der Waals surface area contributed by atoms with Gasteiger partial charge in [0.25, 0.3) is 0 Å². The van der Waals surface area contributed by atoms with E-state index >= 15 is 0 Å². The molecule has 204 valence electrons. The highest BCUT2D eigenvalue weighted by Gasteiger charge is 2.60. The van der Waals surface area contributed by atoms with Crippen LogP contribution in [-0.4, -0.2) is 38.2 Å². The quantitative estimate of drug-likeness (QED) is 0.233. The zero-order chi connectivity index (χ0) is 27.2. The molecule has 5 aliphatic carbocycles. The Balaban J connectivity index is 1.39. The van der Waals surface area contributed by atoms with E-state index in [1.165, 1.54) is 24.8 Å². The number of carbonyl (C=O) groups excluding carboxylic acids is 2. The van der Waals surface area contributed by atoms with Crippen molar-refractivity contribution in [3.63, 3.8) is 0 Å². The van der Waals surface area contributed by atoms with Crippen molar-refractivity contribution in [3.05, 3.63) is 40.8 Å². The molecular weight excluding hydrogens is 502 g/mol. The number of aromatic hydroxyl groups is 2. The van der Waals surface area contributed by atoms with Crippen LogP contribution in [0.25, 0.3) is 0 Å². The van der Waals surface area contributed by atoms with Crippen LogP contribution in [0.4, 0.5) is 5.69 Å². The summed E-state index contributed by atoms with van der Waals surface area (Å²) in [5.41, 5.74) is -0.274. The van der Waals surface area contributed by atoms with Crippen LogP contribution in [0, 0.1) is 22.7 Å². The fourth-order valence-electron chi connectivity index (χ4n) is 7.48. The molecule has 1 spiro atoms. The number of carboxylic acids is 1. The second kappa shape index (κ2) is 10.1. The third kappa shape index (κ3) is 4.65. The maximum Gasteiger partial charge on any atom is 0.339 e. The Labute approximate surface area is 227 Å². The lowest BCUT2D eigenvalue weighted by molar-refractivity contribution is -0.136. The number of allylic oxidation sites excluding steroid dienone is 3. The molecule has 0 aliphatic heterocycles. The summed E-state index contributed by atoms with van der Waals surface area (Å²) in [6.07, 6.45) is 12.5. The Bertz CT molecular complexity index is 1220. The maximum atomic E-state index is 14.1. The van der Waals surface area contributed by atoms with E-state index in [-0.39, 0.29) is 29.2 Å². The van der Waals surface area contributed by atoms with Gasteiger partial charge < -0.3 is 20.6 Å². The summed E-state index contributed by atoms with van der Waals surface area (Å²) in [4.78, 5) is 39.4. The van der Waals surface area contributed by atoms with Gasteiger partial charge in [0.05, 0.1) is 0 Å². The van der Waals surface area contributed by atoms with Crippen molar-refractivity contribution >= 4 is 35.1 Å². The first-order valence-electron chi connectivity index (χ1n) is 13.7. The molecule has 7 nitrogen and oxygen atoms in total. The summed E-state index contributed by atoms with van der Waals surface area (Å²) in [6, 6.07) is 2.20. The predicted octanol–water partition coefficient (Wildman–Crippen LogP) is 6.42. The Morgan fingerprint density at radius 2 is 1.89 bits per heavy atom. The number of Topliss-reactive ketones (excluding diaryl/α,β-unsaturated/α-hetero) is 1. The van der Waals surface area contributed by atoms with Crippen LogP contribution < -0.4 is 5.32 Å². The lowest BCUT2D eigenvalue weighted by atomic mass is 9.44. The molecule has 2 bridgehead atoms. The minimum atomic E-state index is -1.37. The van der Waals surface area contributed by atoms with Gasteiger partial charge in [0.15, 0.2) is 11.5 Å². The molecule has 0 saturated heterocycles. The summed E-state index contributed by atoms with van der Waals surface area (Å²) >= 11 is 1.74. The number of ketones is 1. The van der Waals surface area contributed by atoms with E-state index in [1.54, 1.807) is 11.8 Å². The number of thioether (sulfide) groups is 1. The molecule has 0 unspecified atom stereocenters. The standard InChI is InChI=1S/C30H37NO6S/c1-17-15-30-13-10-18(17)14-23(30)29(2,27(35)22(16-30)38-19-6-4-3-5-7-19)12-11-24(33)31-25-21(32)9-8-20(26(25)34)28(36)37/h8-9,16,18-19,23,32,34H,1,3-7,10-15H2,2H3,(H,31,33)(H,36,37)/t18-,23+,29+,30-/m1/s1. The Hall–Kier alpha value is -2.74. The monoisotopic (exact) mass is 539 g/mol. The second-order valence-corrected chi connectivity index (χ2v) is 13.3. The lowest BCUT2D eigenvalue weighted by Crippen LogP contribution is -2.55. The van der Waals surface area contributed by atoms with Gasteiger partial charge in [-0.2, -0.15) is 0 Å². The molecule has 4 saturated carbocycles. The number of hydrogen-bond acceptors (Lipinski definition) is 6. The van der Waals surface area contributed by atoms with Crippen LogP contribution in [0.15, 0.2) is 35.3 Å². The van der Waals surface area contributed by atoms with E-state index in [0.717, 1.165) is 55.6 Å². The summed E-state index contributed by atoms with van der Waals surface area (Å²) in [7, 11) is 0.